The predicted octanol–water partition coefficient (Wildman–Crippen LogP) is 0.824. The van der Waals surface area contributed by atoms with E-state index in [9.17, 15) is 4.79 Å². The molecule has 1 aromatic carbocycles. The highest BCUT2D eigenvalue weighted by Gasteiger charge is 1.99. The Morgan fingerprint density at radius 1 is 1.42 bits per heavy atom. The molecule has 0 saturated heterocycles. The Morgan fingerprint density at radius 2 is 2.00 bits per heavy atom. The number of hydrazine groups is 1. The molecule has 1 rings (SSSR count). The van der Waals surface area contributed by atoms with E-state index in [4.69, 9.17) is 5.84 Å². The van der Waals surface area contributed by atoms with Gasteiger partial charge in [-0.1, -0.05) is 12.1 Å². The maximum atomic E-state index is 10.8. The fourth-order valence-electron chi connectivity index (χ4n) is 0.839. The highest BCUT2D eigenvalue weighted by atomic mass is 127. The lowest BCUT2D eigenvalue weighted by Crippen LogP contribution is -2.31. The van der Waals surface area contributed by atoms with Crippen LogP contribution in [0, 0.1) is 3.57 Å². The summed E-state index contributed by atoms with van der Waals surface area (Å²) in [7, 11) is 0. The summed E-state index contributed by atoms with van der Waals surface area (Å²) in [4.78, 5) is 10.8. The van der Waals surface area contributed by atoms with Crippen LogP contribution < -0.4 is 11.3 Å². The van der Waals surface area contributed by atoms with Crippen molar-refractivity contribution in [3.05, 3.63) is 33.4 Å². The average molecular weight is 276 g/mol. The molecule has 0 fully saturated rings. The van der Waals surface area contributed by atoms with Gasteiger partial charge in [0.1, 0.15) is 0 Å². The van der Waals surface area contributed by atoms with Crippen molar-refractivity contribution in [2.24, 2.45) is 5.84 Å². The van der Waals surface area contributed by atoms with Crippen LogP contribution in [0.25, 0.3) is 0 Å². The first kappa shape index (κ1) is 9.47. The lowest BCUT2D eigenvalue weighted by Gasteiger charge is -1.99. The van der Waals surface area contributed by atoms with Crippen LogP contribution in [-0.2, 0) is 11.2 Å². The number of carbonyl (C=O) groups excluding carboxylic acids is 1. The van der Waals surface area contributed by atoms with Gasteiger partial charge in [-0.05, 0) is 40.3 Å². The highest BCUT2D eigenvalue weighted by Crippen LogP contribution is 2.06. The molecule has 0 saturated carbocycles. The Labute approximate surface area is 84.4 Å². The molecule has 0 spiro atoms. The number of nitrogens with two attached hydrogens (primary N) is 1. The van der Waals surface area contributed by atoms with Gasteiger partial charge in [0, 0.05) is 3.57 Å². The first-order chi connectivity index (χ1) is 5.72. The van der Waals surface area contributed by atoms with E-state index in [1.807, 2.05) is 24.3 Å². The van der Waals surface area contributed by atoms with Gasteiger partial charge in [0.05, 0.1) is 6.42 Å². The molecule has 0 atom stereocenters. The van der Waals surface area contributed by atoms with Crippen molar-refractivity contribution in [1.29, 1.82) is 0 Å². The minimum absolute atomic E-state index is 0.170. The summed E-state index contributed by atoms with van der Waals surface area (Å²) in [5.41, 5.74) is 3.06. The molecule has 0 unspecified atom stereocenters. The number of carbonyl (C=O) groups is 1. The van der Waals surface area contributed by atoms with Crippen LogP contribution in [-0.4, -0.2) is 5.91 Å². The monoisotopic (exact) mass is 276 g/mol. The summed E-state index contributed by atoms with van der Waals surface area (Å²) in [5.74, 6) is 4.78. The van der Waals surface area contributed by atoms with E-state index >= 15 is 0 Å². The maximum Gasteiger partial charge on any atom is 0.238 e. The van der Waals surface area contributed by atoms with Crippen molar-refractivity contribution in [2.45, 2.75) is 6.42 Å². The van der Waals surface area contributed by atoms with Gasteiger partial charge in [0.2, 0.25) is 5.91 Å². The second-order valence-electron chi connectivity index (χ2n) is 2.37. The van der Waals surface area contributed by atoms with E-state index in [2.05, 4.69) is 28.0 Å². The molecule has 0 heterocycles. The van der Waals surface area contributed by atoms with E-state index in [-0.39, 0.29) is 5.91 Å². The third-order valence-electron chi connectivity index (χ3n) is 1.44. The van der Waals surface area contributed by atoms with Crippen LogP contribution in [0.2, 0.25) is 0 Å². The summed E-state index contributed by atoms with van der Waals surface area (Å²) < 4.78 is 1.16. The van der Waals surface area contributed by atoms with Crippen LogP contribution in [0.5, 0.6) is 0 Å². The normalized spacial score (nSPS) is 9.50. The van der Waals surface area contributed by atoms with Crippen LogP contribution >= 0.6 is 22.6 Å². The summed E-state index contributed by atoms with van der Waals surface area (Å²) in [6, 6.07) is 7.74. The lowest BCUT2D eigenvalue weighted by atomic mass is 10.1. The molecular formula is C8H9IN2O. The zero-order valence-electron chi connectivity index (χ0n) is 6.38. The minimum atomic E-state index is -0.170. The van der Waals surface area contributed by atoms with Gasteiger partial charge in [-0.15, -0.1) is 0 Å². The second kappa shape index (κ2) is 4.42. The number of hydrogen-bond donors (Lipinski definition) is 2. The molecule has 1 amide bonds. The third kappa shape index (κ3) is 2.78. The molecule has 3 N–H and O–H groups in total. The molecule has 0 aliphatic rings. The van der Waals surface area contributed by atoms with Gasteiger partial charge < -0.3 is 0 Å². The number of nitrogens with one attached hydrogen (secondary N) is 1. The molecule has 4 heteroatoms. The van der Waals surface area contributed by atoms with E-state index in [0.717, 1.165) is 9.13 Å². The van der Waals surface area contributed by atoms with Gasteiger partial charge in [0.15, 0.2) is 0 Å². The zero-order chi connectivity index (χ0) is 8.97. The standard InChI is InChI=1S/C8H9IN2O/c9-7-3-1-6(2-4-7)5-8(12)11-10/h1-4H,5,10H2,(H,11,12). The molecular weight excluding hydrogens is 267 g/mol. The van der Waals surface area contributed by atoms with Gasteiger partial charge in [-0.2, -0.15) is 0 Å². The summed E-state index contributed by atoms with van der Waals surface area (Å²) >= 11 is 2.21. The molecule has 3 nitrogen and oxygen atoms in total. The second-order valence-corrected chi connectivity index (χ2v) is 3.62. The predicted molar refractivity (Wildman–Crippen MR) is 55.2 cm³/mol. The van der Waals surface area contributed by atoms with Crippen molar-refractivity contribution in [3.63, 3.8) is 0 Å². The molecule has 0 radical (unpaired) electrons. The van der Waals surface area contributed by atoms with E-state index in [1.54, 1.807) is 0 Å². The van der Waals surface area contributed by atoms with E-state index in [1.165, 1.54) is 0 Å². The number of rotatable bonds is 2. The SMILES string of the molecule is NNC(=O)Cc1ccc(I)cc1. The van der Waals surface area contributed by atoms with Crippen LogP contribution in [0.1, 0.15) is 5.56 Å². The largest absolute Gasteiger partial charge is 0.294 e. The molecule has 12 heavy (non-hydrogen) atoms. The van der Waals surface area contributed by atoms with Gasteiger partial charge in [-0.3, -0.25) is 10.2 Å². The number of amides is 1. The zero-order valence-corrected chi connectivity index (χ0v) is 8.54. The Kier molecular flexibility index (Phi) is 3.48. The Bertz CT molecular complexity index is 271. The van der Waals surface area contributed by atoms with Crippen molar-refractivity contribution in [2.75, 3.05) is 0 Å². The van der Waals surface area contributed by atoms with Gasteiger partial charge >= 0.3 is 0 Å². The summed E-state index contributed by atoms with van der Waals surface area (Å²) in [6.45, 7) is 0. The first-order valence-corrected chi connectivity index (χ1v) is 4.54. The van der Waals surface area contributed by atoms with Crippen molar-refractivity contribution in [3.8, 4) is 0 Å². The van der Waals surface area contributed by atoms with Crippen molar-refractivity contribution < 1.29 is 4.79 Å². The van der Waals surface area contributed by atoms with E-state index in [0.29, 0.717) is 6.42 Å². The molecule has 0 aromatic heterocycles. The fourth-order valence-corrected chi connectivity index (χ4v) is 1.20. The number of halogens is 1. The van der Waals surface area contributed by atoms with Crippen LogP contribution in [0.3, 0.4) is 0 Å². The third-order valence-corrected chi connectivity index (χ3v) is 2.16. The summed E-state index contributed by atoms with van der Waals surface area (Å²) in [5, 5.41) is 0. The lowest BCUT2D eigenvalue weighted by molar-refractivity contribution is -0.120. The molecule has 0 aliphatic carbocycles. The van der Waals surface area contributed by atoms with Crippen molar-refractivity contribution in [1.82, 2.24) is 5.43 Å². The fraction of sp³-hybridized carbons (Fsp3) is 0.125. The van der Waals surface area contributed by atoms with E-state index < -0.39 is 0 Å². The quantitative estimate of drug-likeness (QED) is 0.364. The topological polar surface area (TPSA) is 55.1 Å². The van der Waals surface area contributed by atoms with Gasteiger partial charge in [-0.25, -0.2) is 5.84 Å². The maximum absolute atomic E-state index is 10.8. The summed E-state index contributed by atoms with van der Waals surface area (Å²) in [6.07, 6.45) is 0.341. The number of benzene rings is 1. The smallest absolute Gasteiger partial charge is 0.238 e. The first-order valence-electron chi connectivity index (χ1n) is 3.46. The highest BCUT2D eigenvalue weighted by molar-refractivity contribution is 14.1. The van der Waals surface area contributed by atoms with Crippen LogP contribution in [0.4, 0.5) is 0 Å². The Hall–Kier alpha value is -0.620. The van der Waals surface area contributed by atoms with Crippen LogP contribution in [0.15, 0.2) is 24.3 Å². The minimum Gasteiger partial charge on any atom is -0.294 e. The molecule has 64 valence electrons. The van der Waals surface area contributed by atoms with Gasteiger partial charge in [0.25, 0.3) is 0 Å². The molecule has 0 bridgehead atoms. The molecule has 0 aliphatic heterocycles. The Balaban J connectivity index is 2.64. The average Bonchev–Trinajstić information content (AvgIpc) is 2.09. The Morgan fingerprint density at radius 3 is 2.50 bits per heavy atom. The number of hydrogen-bond acceptors (Lipinski definition) is 2. The molecule has 1 aromatic rings. The van der Waals surface area contributed by atoms with Crippen molar-refractivity contribution >= 4 is 28.5 Å².